The molecular formula is C27H35ClO4. The summed E-state index contributed by atoms with van der Waals surface area (Å²) in [5.41, 5.74) is 5.69. The maximum atomic E-state index is 10.9. The Morgan fingerprint density at radius 3 is 2.22 bits per heavy atom. The van der Waals surface area contributed by atoms with Gasteiger partial charge in [-0.25, -0.2) is 0 Å². The first-order chi connectivity index (χ1) is 15.1. The number of allylic oxidation sites excluding steroid dienone is 6. The fourth-order valence-corrected chi connectivity index (χ4v) is 3.88. The average Bonchev–Trinajstić information content (AvgIpc) is 2.75. The van der Waals surface area contributed by atoms with Crippen molar-refractivity contribution in [2.45, 2.75) is 60.3 Å². The minimum atomic E-state index is -0.198. The summed E-state index contributed by atoms with van der Waals surface area (Å²) in [5.74, 6) is 0.699. The highest BCUT2D eigenvalue weighted by Gasteiger charge is 2.22. The highest BCUT2D eigenvalue weighted by Crippen LogP contribution is 2.48. The fraction of sp³-hybridized carbons (Fsp3) is 0.407. The van der Waals surface area contributed by atoms with Crippen molar-refractivity contribution in [3.63, 3.8) is 0 Å². The SMILES string of the molecule is COc1cc(OC)c2c(O)c(Cl)c(O)c(CC(CC=C(C)CCC=C(C)C)=C(C)C)c2c1. The van der Waals surface area contributed by atoms with E-state index in [4.69, 9.17) is 21.1 Å². The molecule has 0 aliphatic rings. The van der Waals surface area contributed by atoms with Gasteiger partial charge in [-0.2, -0.15) is 0 Å². The Labute approximate surface area is 196 Å². The van der Waals surface area contributed by atoms with Crippen LogP contribution in [0.1, 0.15) is 59.4 Å². The van der Waals surface area contributed by atoms with Crippen LogP contribution in [0.4, 0.5) is 0 Å². The predicted octanol–water partition coefficient (Wildman–Crippen LogP) is 7.88. The maximum Gasteiger partial charge on any atom is 0.149 e. The van der Waals surface area contributed by atoms with Crippen LogP contribution in [-0.2, 0) is 6.42 Å². The first-order valence-corrected chi connectivity index (χ1v) is 11.2. The van der Waals surface area contributed by atoms with Crippen molar-refractivity contribution in [2.75, 3.05) is 14.2 Å². The van der Waals surface area contributed by atoms with Gasteiger partial charge in [0.15, 0.2) is 0 Å². The molecule has 2 rings (SSSR count). The van der Waals surface area contributed by atoms with Crippen LogP contribution >= 0.6 is 11.6 Å². The van der Waals surface area contributed by atoms with Gasteiger partial charge in [-0.1, -0.05) is 46.0 Å². The van der Waals surface area contributed by atoms with Crippen molar-refractivity contribution < 1.29 is 19.7 Å². The number of rotatable bonds is 9. The summed E-state index contributed by atoms with van der Waals surface area (Å²) >= 11 is 6.32. The molecule has 0 bridgehead atoms. The van der Waals surface area contributed by atoms with E-state index in [1.807, 2.05) is 0 Å². The second kappa shape index (κ2) is 11.3. The molecule has 0 aliphatic heterocycles. The largest absolute Gasteiger partial charge is 0.506 e. The summed E-state index contributed by atoms with van der Waals surface area (Å²) in [5, 5.41) is 22.6. The lowest BCUT2D eigenvalue weighted by Crippen LogP contribution is -1.98. The zero-order valence-electron chi connectivity index (χ0n) is 20.2. The highest BCUT2D eigenvalue weighted by molar-refractivity contribution is 6.35. The normalized spacial score (nSPS) is 11.4. The van der Waals surface area contributed by atoms with Crippen LogP contribution in [0.2, 0.25) is 5.02 Å². The lowest BCUT2D eigenvalue weighted by atomic mass is 9.92. The Hall–Kier alpha value is -2.59. The van der Waals surface area contributed by atoms with Crippen LogP contribution in [-0.4, -0.2) is 24.4 Å². The molecule has 0 radical (unpaired) electrons. The van der Waals surface area contributed by atoms with Gasteiger partial charge in [0.25, 0.3) is 0 Å². The molecule has 5 heteroatoms. The number of hydrogen-bond donors (Lipinski definition) is 2. The van der Waals surface area contributed by atoms with Gasteiger partial charge in [0, 0.05) is 17.0 Å². The minimum absolute atomic E-state index is 0.0717. The zero-order valence-corrected chi connectivity index (χ0v) is 21.0. The lowest BCUT2D eigenvalue weighted by molar-refractivity contribution is 0.396. The quantitative estimate of drug-likeness (QED) is 0.375. The second-order valence-corrected chi connectivity index (χ2v) is 8.98. The van der Waals surface area contributed by atoms with Crippen LogP contribution in [0.25, 0.3) is 10.8 Å². The maximum absolute atomic E-state index is 10.9. The van der Waals surface area contributed by atoms with Crippen molar-refractivity contribution in [1.82, 2.24) is 0 Å². The summed E-state index contributed by atoms with van der Waals surface area (Å²) in [7, 11) is 3.10. The van der Waals surface area contributed by atoms with Gasteiger partial charge in [-0.3, -0.25) is 0 Å². The van der Waals surface area contributed by atoms with E-state index in [9.17, 15) is 10.2 Å². The molecule has 0 heterocycles. The molecule has 2 aromatic carbocycles. The van der Waals surface area contributed by atoms with E-state index in [2.05, 4.69) is 46.8 Å². The summed E-state index contributed by atoms with van der Waals surface area (Å²) in [6, 6.07) is 3.49. The lowest BCUT2D eigenvalue weighted by Gasteiger charge is -2.18. The number of phenols is 2. The Kier molecular flexibility index (Phi) is 9.09. The van der Waals surface area contributed by atoms with Gasteiger partial charge in [-0.05, 0) is 66.4 Å². The van der Waals surface area contributed by atoms with E-state index in [1.54, 1.807) is 19.2 Å². The van der Waals surface area contributed by atoms with Gasteiger partial charge in [0.1, 0.15) is 28.0 Å². The average molecular weight is 459 g/mol. The van der Waals surface area contributed by atoms with E-state index < -0.39 is 0 Å². The summed E-state index contributed by atoms with van der Waals surface area (Å²) in [6.45, 7) is 10.5. The minimum Gasteiger partial charge on any atom is -0.506 e. The molecule has 32 heavy (non-hydrogen) atoms. The van der Waals surface area contributed by atoms with Crippen LogP contribution in [0.15, 0.2) is 46.6 Å². The number of methoxy groups -OCH3 is 2. The highest BCUT2D eigenvalue weighted by atomic mass is 35.5. The topological polar surface area (TPSA) is 58.9 Å². The molecule has 2 N–H and O–H groups in total. The molecule has 174 valence electrons. The van der Waals surface area contributed by atoms with Crippen molar-refractivity contribution in [2.24, 2.45) is 0 Å². The molecule has 0 aromatic heterocycles. The molecule has 0 saturated carbocycles. The van der Waals surface area contributed by atoms with E-state index in [-0.39, 0.29) is 16.5 Å². The molecule has 2 aromatic rings. The number of benzene rings is 2. The monoisotopic (exact) mass is 458 g/mol. The standard InChI is InChI=1S/C27H35ClO4/c1-16(2)9-8-10-18(5)11-12-19(17(3)4)13-22-21-14-20(31-6)15-23(32-7)24(21)27(30)25(28)26(22)29/h9,11,14-15,29-30H,8,10,12-13H2,1-7H3. The van der Waals surface area contributed by atoms with E-state index in [0.717, 1.165) is 19.3 Å². The van der Waals surface area contributed by atoms with Gasteiger partial charge in [-0.15, -0.1) is 0 Å². The van der Waals surface area contributed by atoms with Crippen molar-refractivity contribution >= 4 is 22.4 Å². The third-order valence-electron chi connectivity index (χ3n) is 5.68. The molecule has 0 spiro atoms. The van der Waals surface area contributed by atoms with Crippen molar-refractivity contribution in [1.29, 1.82) is 0 Å². The first kappa shape index (κ1) is 25.7. The van der Waals surface area contributed by atoms with Crippen LogP contribution in [0.5, 0.6) is 23.0 Å². The molecule has 0 unspecified atom stereocenters. The van der Waals surface area contributed by atoms with E-state index in [1.165, 1.54) is 29.4 Å². The summed E-state index contributed by atoms with van der Waals surface area (Å²) < 4.78 is 10.9. The molecule has 0 atom stereocenters. The Morgan fingerprint density at radius 2 is 1.66 bits per heavy atom. The zero-order chi connectivity index (χ0) is 24.0. The van der Waals surface area contributed by atoms with Crippen LogP contribution < -0.4 is 9.47 Å². The van der Waals surface area contributed by atoms with Gasteiger partial charge >= 0.3 is 0 Å². The smallest absolute Gasteiger partial charge is 0.149 e. The molecule has 0 saturated heterocycles. The molecule has 0 amide bonds. The first-order valence-electron chi connectivity index (χ1n) is 10.8. The molecule has 4 nitrogen and oxygen atoms in total. The third-order valence-corrected chi connectivity index (χ3v) is 6.04. The van der Waals surface area contributed by atoms with Crippen LogP contribution in [0.3, 0.4) is 0 Å². The fourth-order valence-electron chi connectivity index (χ4n) is 3.67. The molecule has 0 aliphatic carbocycles. The third kappa shape index (κ3) is 6.01. The van der Waals surface area contributed by atoms with Crippen molar-refractivity contribution in [3.8, 4) is 23.0 Å². The summed E-state index contributed by atoms with van der Waals surface area (Å²) in [4.78, 5) is 0. The van der Waals surface area contributed by atoms with Gasteiger partial charge in [0.05, 0.1) is 19.6 Å². The Morgan fingerprint density at radius 1 is 0.969 bits per heavy atom. The van der Waals surface area contributed by atoms with E-state index >= 15 is 0 Å². The number of aromatic hydroxyl groups is 2. The Bertz CT molecular complexity index is 1070. The number of halogens is 1. The number of hydrogen-bond acceptors (Lipinski definition) is 4. The predicted molar refractivity (Wildman–Crippen MR) is 135 cm³/mol. The number of phenolic OH excluding ortho intramolecular Hbond substituents is 2. The molecular weight excluding hydrogens is 424 g/mol. The van der Waals surface area contributed by atoms with Crippen LogP contribution in [0, 0.1) is 0 Å². The van der Waals surface area contributed by atoms with Gasteiger partial charge < -0.3 is 19.7 Å². The number of fused-ring (bicyclic) bond motifs is 1. The number of ether oxygens (including phenoxy) is 2. The van der Waals surface area contributed by atoms with E-state index in [0.29, 0.717) is 34.3 Å². The second-order valence-electron chi connectivity index (χ2n) is 8.60. The van der Waals surface area contributed by atoms with Crippen molar-refractivity contribution in [3.05, 3.63) is 57.2 Å². The van der Waals surface area contributed by atoms with Gasteiger partial charge in [0.2, 0.25) is 0 Å². The Balaban J connectivity index is 2.51. The molecule has 0 fully saturated rings. The summed E-state index contributed by atoms with van der Waals surface area (Å²) in [6.07, 6.45) is 7.84.